The fraction of sp³-hybridized carbons (Fsp3) is 0.440. The van der Waals surface area contributed by atoms with E-state index in [-0.39, 0.29) is 29.9 Å². The Labute approximate surface area is 199 Å². The number of methoxy groups -OCH3 is 2. The Morgan fingerprint density at radius 3 is 2.30 bits per heavy atom. The SMILES string of the molecule is COc1ccc(C(=O)NC2C[C@H]3CCC[C@@H](C2)N3CC(=O)Nc2ccc(Cl)cc2)cc1OC. The molecule has 7 nitrogen and oxygen atoms in total. The Hall–Kier alpha value is -2.77. The number of ether oxygens (including phenoxy) is 2. The van der Waals surface area contributed by atoms with E-state index in [4.69, 9.17) is 21.1 Å². The molecule has 4 rings (SSSR count). The number of halogens is 1. The molecule has 2 aliphatic rings. The van der Waals surface area contributed by atoms with Crippen molar-refractivity contribution in [2.45, 2.75) is 50.2 Å². The molecule has 2 amide bonds. The number of carbonyl (C=O) groups excluding carboxylic acids is 2. The van der Waals surface area contributed by atoms with E-state index in [0.29, 0.717) is 28.6 Å². The number of hydrogen-bond donors (Lipinski definition) is 2. The predicted octanol–water partition coefficient (Wildman–Crippen LogP) is 4.11. The number of piperidine rings is 2. The number of nitrogens with one attached hydrogen (secondary N) is 2. The number of rotatable bonds is 7. The summed E-state index contributed by atoms with van der Waals surface area (Å²) in [6.07, 6.45) is 4.90. The van der Waals surface area contributed by atoms with Crippen molar-refractivity contribution in [3.63, 3.8) is 0 Å². The molecule has 2 heterocycles. The molecular formula is C25H30ClN3O4. The number of benzene rings is 2. The quantitative estimate of drug-likeness (QED) is 0.635. The van der Waals surface area contributed by atoms with E-state index in [2.05, 4.69) is 15.5 Å². The lowest BCUT2D eigenvalue weighted by Crippen LogP contribution is -2.58. The van der Waals surface area contributed by atoms with Gasteiger partial charge in [-0.2, -0.15) is 0 Å². The van der Waals surface area contributed by atoms with Crippen molar-refractivity contribution < 1.29 is 19.1 Å². The fourth-order valence-corrected chi connectivity index (χ4v) is 5.13. The zero-order chi connectivity index (χ0) is 23.4. The Kier molecular flexibility index (Phi) is 7.40. The van der Waals surface area contributed by atoms with E-state index in [9.17, 15) is 9.59 Å². The van der Waals surface area contributed by atoms with Gasteiger partial charge in [0.1, 0.15) is 0 Å². The zero-order valence-electron chi connectivity index (χ0n) is 19.0. The molecule has 2 fully saturated rings. The molecule has 8 heteroatoms. The molecule has 0 spiro atoms. The fourth-order valence-electron chi connectivity index (χ4n) is 5.00. The van der Waals surface area contributed by atoms with Gasteiger partial charge in [-0.05, 0) is 68.1 Å². The Balaban J connectivity index is 1.36. The maximum Gasteiger partial charge on any atom is 0.251 e. The van der Waals surface area contributed by atoms with Gasteiger partial charge < -0.3 is 20.1 Å². The average Bonchev–Trinajstić information content (AvgIpc) is 2.80. The first-order valence-corrected chi connectivity index (χ1v) is 11.7. The average molecular weight is 472 g/mol. The minimum absolute atomic E-state index is 0.0259. The minimum Gasteiger partial charge on any atom is -0.493 e. The summed E-state index contributed by atoms with van der Waals surface area (Å²) in [4.78, 5) is 27.9. The molecule has 0 radical (unpaired) electrons. The summed E-state index contributed by atoms with van der Waals surface area (Å²) < 4.78 is 10.6. The highest BCUT2D eigenvalue weighted by molar-refractivity contribution is 6.30. The normalized spacial score (nSPS) is 22.3. The predicted molar refractivity (Wildman–Crippen MR) is 128 cm³/mol. The third-order valence-electron chi connectivity index (χ3n) is 6.56. The lowest BCUT2D eigenvalue weighted by molar-refractivity contribution is -0.120. The van der Waals surface area contributed by atoms with Crippen molar-refractivity contribution >= 4 is 29.1 Å². The Morgan fingerprint density at radius 2 is 1.67 bits per heavy atom. The third kappa shape index (κ3) is 5.60. The molecule has 2 aromatic rings. The van der Waals surface area contributed by atoms with E-state index in [1.165, 1.54) is 0 Å². The highest BCUT2D eigenvalue weighted by Crippen LogP contribution is 2.34. The van der Waals surface area contributed by atoms with Crippen LogP contribution >= 0.6 is 11.6 Å². The second-order valence-electron chi connectivity index (χ2n) is 8.68. The van der Waals surface area contributed by atoms with Gasteiger partial charge in [-0.25, -0.2) is 0 Å². The topological polar surface area (TPSA) is 79.9 Å². The van der Waals surface area contributed by atoms with Crippen molar-refractivity contribution in [3.8, 4) is 11.5 Å². The lowest BCUT2D eigenvalue weighted by atomic mass is 9.81. The minimum atomic E-state index is -0.118. The van der Waals surface area contributed by atoms with Gasteiger partial charge in [-0.15, -0.1) is 0 Å². The molecule has 1 unspecified atom stereocenters. The van der Waals surface area contributed by atoms with E-state index in [1.54, 1.807) is 56.7 Å². The van der Waals surface area contributed by atoms with Gasteiger partial charge in [-0.1, -0.05) is 18.0 Å². The van der Waals surface area contributed by atoms with Crippen molar-refractivity contribution in [3.05, 3.63) is 53.1 Å². The smallest absolute Gasteiger partial charge is 0.251 e. The number of amides is 2. The molecule has 176 valence electrons. The van der Waals surface area contributed by atoms with Gasteiger partial charge in [0.15, 0.2) is 11.5 Å². The van der Waals surface area contributed by atoms with Gasteiger partial charge in [0.05, 0.1) is 20.8 Å². The second-order valence-corrected chi connectivity index (χ2v) is 9.11. The van der Waals surface area contributed by atoms with Crippen LogP contribution in [0.5, 0.6) is 11.5 Å². The van der Waals surface area contributed by atoms with E-state index >= 15 is 0 Å². The van der Waals surface area contributed by atoms with Crippen LogP contribution < -0.4 is 20.1 Å². The molecule has 2 aromatic carbocycles. The van der Waals surface area contributed by atoms with Gasteiger partial charge in [-0.3, -0.25) is 14.5 Å². The van der Waals surface area contributed by atoms with Crippen LogP contribution in [0.15, 0.2) is 42.5 Å². The Morgan fingerprint density at radius 1 is 1.00 bits per heavy atom. The third-order valence-corrected chi connectivity index (χ3v) is 6.81. The zero-order valence-corrected chi connectivity index (χ0v) is 19.7. The largest absolute Gasteiger partial charge is 0.493 e. The molecular weight excluding hydrogens is 442 g/mol. The van der Waals surface area contributed by atoms with Crippen molar-refractivity contribution in [1.82, 2.24) is 10.2 Å². The number of carbonyl (C=O) groups is 2. The van der Waals surface area contributed by atoms with Crippen LogP contribution in [0.2, 0.25) is 5.02 Å². The summed E-state index contributed by atoms with van der Waals surface area (Å²) in [5.74, 6) is 0.979. The second kappa shape index (κ2) is 10.4. The molecule has 0 aromatic heterocycles. The number of hydrogen-bond acceptors (Lipinski definition) is 5. The highest BCUT2D eigenvalue weighted by atomic mass is 35.5. The first-order chi connectivity index (χ1) is 16.0. The van der Waals surface area contributed by atoms with Gasteiger partial charge in [0.25, 0.3) is 5.91 Å². The first kappa shape index (κ1) is 23.4. The maximum absolute atomic E-state index is 12.9. The summed E-state index contributed by atoms with van der Waals surface area (Å²) in [6, 6.07) is 13.0. The molecule has 0 saturated carbocycles. The van der Waals surface area contributed by atoms with Gasteiger partial charge in [0.2, 0.25) is 5.91 Å². The molecule has 33 heavy (non-hydrogen) atoms. The lowest BCUT2D eigenvalue weighted by Gasteiger charge is -2.48. The number of nitrogens with zero attached hydrogens (tertiary/aromatic N) is 1. The van der Waals surface area contributed by atoms with Crippen LogP contribution in [0.25, 0.3) is 0 Å². The number of fused-ring (bicyclic) bond motifs is 2. The summed E-state index contributed by atoms with van der Waals surface area (Å²) in [7, 11) is 3.12. The summed E-state index contributed by atoms with van der Waals surface area (Å²) >= 11 is 5.92. The molecule has 2 bridgehead atoms. The molecule has 2 N–H and O–H groups in total. The standard InChI is InChI=1S/C25H30ClN3O4/c1-32-22-11-6-16(12-23(22)33-2)25(31)28-19-13-20-4-3-5-21(14-19)29(20)15-24(30)27-18-9-7-17(26)8-10-18/h6-12,19-21H,3-5,13-15H2,1-2H3,(H,27,30)(H,28,31)/t19?,20-,21+. The van der Waals surface area contributed by atoms with E-state index in [1.807, 2.05) is 0 Å². The summed E-state index contributed by atoms with van der Waals surface area (Å²) in [5.41, 5.74) is 1.29. The Bertz CT molecular complexity index is 984. The summed E-state index contributed by atoms with van der Waals surface area (Å²) in [5, 5.41) is 6.79. The summed E-state index contributed by atoms with van der Waals surface area (Å²) in [6.45, 7) is 0.355. The molecule has 2 saturated heterocycles. The van der Waals surface area contributed by atoms with Crippen LogP contribution in [-0.4, -0.2) is 55.6 Å². The van der Waals surface area contributed by atoms with Gasteiger partial charge >= 0.3 is 0 Å². The van der Waals surface area contributed by atoms with Crippen molar-refractivity contribution in [1.29, 1.82) is 0 Å². The number of anilines is 1. The van der Waals surface area contributed by atoms with Crippen LogP contribution in [0.4, 0.5) is 5.69 Å². The monoisotopic (exact) mass is 471 g/mol. The van der Waals surface area contributed by atoms with Crippen molar-refractivity contribution in [2.24, 2.45) is 0 Å². The van der Waals surface area contributed by atoms with Crippen LogP contribution in [0, 0.1) is 0 Å². The maximum atomic E-state index is 12.9. The van der Waals surface area contributed by atoms with E-state index in [0.717, 1.165) is 37.8 Å². The van der Waals surface area contributed by atoms with Crippen LogP contribution in [-0.2, 0) is 4.79 Å². The molecule has 3 atom stereocenters. The highest BCUT2D eigenvalue weighted by Gasteiger charge is 2.39. The van der Waals surface area contributed by atoms with Crippen LogP contribution in [0.1, 0.15) is 42.5 Å². The van der Waals surface area contributed by atoms with Gasteiger partial charge in [0, 0.05) is 34.4 Å². The molecule has 0 aliphatic carbocycles. The van der Waals surface area contributed by atoms with E-state index < -0.39 is 0 Å². The molecule has 2 aliphatic heterocycles. The first-order valence-electron chi connectivity index (χ1n) is 11.3. The van der Waals surface area contributed by atoms with Crippen molar-refractivity contribution in [2.75, 3.05) is 26.1 Å². The van der Waals surface area contributed by atoms with Crippen LogP contribution in [0.3, 0.4) is 0 Å².